The molecule has 0 amide bonds. The molecule has 2 N–H and O–H groups in total. The van der Waals surface area contributed by atoms with Gasteiger partial charge in [-0.2, -0.15) is 0 Å². The van der Waals surface area contributed by atoms with E-state index in [1.54, 1.807) is 0 Å². The van der Waals surface area contributed by atoms with E-state index in [0.29, 0.717) is 18.0 Å². The third-order valence-electron chi connectivity index (χ3n) is 5.70. The first-order valence-electron chi connectivity index (χ1n) is 8.34. The summed E-state index contributed by atoms with van der Waals surface area (Å²) in [5, 5.41) is 0. The maximum absolute atomic E-state index is 6.13. The normalized spacial score (nSPS) is 23.6. The Morgan fingerprint density at radius 2 is 1.86 bits per heavy atom. The molecule has 1 aromatic rings. The summed E-state index contributed by atoms with van der Waals surface area (Å²) >= 11 is 3.73. The highest BCUT2D eigenvalue weighted by molar-refractivity contribution is 9.10. The molecule has 1 saturated carbocycles. The Morgan fingerprint density at radius 3 is 2.43 bits per heavy atom. The molecular formula is C18H27BrN2. The molecule has 1 aliphatic heterocycles. The fraction of sp³-hybridized carbons (Fsp3) is 0.667. The van der Waals surface area contributed by atoms with Crippen LogP contribution in [0.1, 0.15) is 55.7 Å². The van der Waals surface area contributed by atoms with Crippen LogP contribution in [0.15, 0.2) is 22.7 Å². The molecule has 1 heterocycles. The molecule has 1 aliphatic carbocycles. The molecule has 0 aromatic heterocycles. The SMILES string of the molecule is Cc1ccc(C(CN)N2CCC3(CCCC3)CC2)c(Br)c1. The zero-order valence-corrected chi connectivity index (χ0v) is 14.7. The first-order chi connectivity index (χ1) is 10.1. The van der Waals surface area contributed by atoms with Crippen molar-refractivity contribution in [3.63, 3.8) is 0 Å². The second kappa shape index (κ2) is 6.39. The molecule has 116 valence electrons. The summed E-state index contributed by atoms with van der Waals surface area (Å²) in [7, 11) is 0. The highest BCUT2D eigenvalue weighted by atomic mass is 79.9. The van der Waals surface area contributed by atoms with Gasteiger partial charge in [-0.15, -0.1) is 0 Å². The number of hydrogen-bond donors (Lipinski definition) is 1. The van der Waals surface area contributed by atoms with Gasteiger partial charge in [-0.25, -0.2) is 0 Å². The topological polar surface area (TPSA) is 29.3 Å². The molecule has 2 aliphatic rings. The Balaban J connectivity index is 1.72. The van der Waals surface area contributed by atoms with Crippen LogP contribution in [0.5, 0.6) is 0 Å². The number of nitrogens with two attached hydrogens (primary N) is 1. The lowest BCUT2D eigenvalue weighted by atomic mass is 9.76. The lowest BCUT2D eigenvalue weighted by Crippen LogP contribution is -2.43. The Hall–Kier alpha value is -0.380. The Bertz CT molecular complexity index is 484. The summed E-state index contributed by atoms with van der Waals surface area (Å²) in [5.74, 6) is 0. The van der Waals surface area contributed by atoms with Crippen LogP contribution in [0, 0.1) is 12.3 Å². The van der Waals surface area contributed by atoms with Crippen molar-refractivity contribution in [1.82, 2.24) is 4.90 Å². The zero-order valence-electron chi connectivity index (χ0n) is 13.1. The van der Waals surface area contributed by atoms with Crippen LogP contribution in [-0.4, -0.2) is 24.5 Å². The first-order valence-corrected chi connectivity index (χ1v) is 9.13. The summed E-state index contributed by atoms with van der Waals surface area (Å²) in [4.78, 5) is 2.61. The molecule has 3 heteroatoms. The van der Waals surface area contributed by atoms with Crippen LogP contribution >= 0.6 is 15.9 Å². The van der Waals surface area contributed by atoms with Gasteiger partial charge in [-0.3, -0.25) is 4.90 Å². The van der Waals surface area contributed by atoms with Gasteiger partial charge in [0.05, 0.1) is 0 Å². The smallest absolute Gasteiger partial charge is 0.0481 e. The van der Waals surface area contributed by atoms with Crippen LogP contribution < -0.4 is 5.73 Å². The molecule has 2 fully saturated rings. The summed E-state index contributed by atoms with van der Waals surface area (Å²) in [6.45, 7) is 5.26. The van der Waals surface area contributed by atoms with Crippen LogP contribution in [0.25, 0.3) is 0 Å². The third kappa shape index (κ3) is 3.20. The highest BCUT2D eigenvalue weighted by Gasteiger charge is 2.38. The highest BCUT2D eigenvalue weighted by Crippen LogP contribution is 2.47. The molecule has 0 bridgehead atoms. The van der Waals surface area contributed by atoms with Crippen molar-refractivity contribution in [1.29, 1.82) is 0 Å². The first kappa shape index (κ1) is 15.5. The Kier molecular flexibility index (Phi) is 4.72. The minimum atomic E-state index is 0.360. The number of rotatable bonds is 3. The molecule has 1 atom stereocenters. The molecule has 1 saturated heterocycles. The lowest BCUT2D eigenvalue weighted by Gasteiger charge is -2.43. The van der Waals surface area contributed by atoms with E-state index < -0.39 is 0 Å². The monoisotopic (exact) mass is 350 g/mol. The van der Waals surface area contributed by atoms with Crippen molar-refractivity contribution in [2.24, 2.45) is 11.1 Å². The number of aryl methyl sites for hydroxylation is 1. The summed E-state index contributed by atoms with van der Waals surface area (Å²) in [6, 6.07) is 7.02. The number of piperidine rings is 1. The van der Waals surface area contributed by atoms with Gasteiger partial charge in [-0.05, 0) is 68.3 Å². The van der Waals surface area contributed by atoms with Gasteiger partial charge in [0.25, 0.3) is 0 Å². The Morgan fingerprint density at radius 1 is 1.19 bits per heavy atom. The summed E-state index contributed by atoms with van der Waals surface area (Å²) in [5.41, 5.74) is 9.45. The van der Waals surface area contributed by atoms with Gasteiger partial charge in [0.15, 0.2) is 0 Å². The van der Waals surface area contributed by atoms with E-state index >= 15 is 0 Å². The molecule has 1 spiro atoms. The number of hydrogen-bond acceptors (Lipinski definition) is 2. The number of nitrogens with zero attached hydrogens (tertiary/aromatic N) is 1. The van der Waals surface area contributed by atoms with Gasteiger partial charge >= 0.3 is 0 Å². The van der Waals surface area contributed by atoms with Gasteiger partial charge in [-0.1, -0.05) is 40.9 Å². The van der Waals surface area contributed by atoms with E-state index in [0.717, 1.165) is 0 Å². The van der Waals surface area contributed by atoms with Crippen molar-refractivity contribution in [3.8, 4) is 0 Å². The predicted molar refractivity (Wildman–Crippen MR) is 92.4 cm³/mol. The third-order valence-corrected chi connectivity index (χ3v) is 6.39. The van der Waals surface area contributed by atoms with Gasteiger partial charge in [0.2, 0.25) is 0 Å². The lowest BCUT2D eigenvalue weighted by molar-refractivity contribution is 0.0778. The Labute approximate surface area is 137 Å². The van der Waals surface area contributed by atoms with Crippen LogP contribution in [-0.2, 0) is 0 Å². The second-order valence-corrected chi connectivity index (χ2v) is 7.87. The van der Waals surface area contributed by atoms with Crippen molar-refractivity contribution in [3.05, 3.63) is 33.8 Å². The second-order valence-electron chi connectivity index (χ2n) is 7.02. The number of likely N-dealkylation sites (tertiary alicyclic amines) is 1. The molecular weight excluding hydrogens is 324 g/mol. The van der Waals surface area contributed by atoms with Gasteiger partial charge < -0.3 is 5.73 Å². The maximum atomic E-state index is 6.13. The van der Waals surface area contributed by atoms with Crippen molar-refractivity contribution in [2.75, 3.05) is 19.6 Å². The predicted octanol–water partition coefficient (Wildman–Crippen LogP) is 4.41. The van der Waals surface area contributed by atoms with Crippen LogP contribution in [0.3, 0.4) is 0 Å². The molecule has 2 nitrogen and oxygen atoms in total. The van der Waals surface area contributed by atoms with E-state index in [1.807, 2.05) is 0 Å². The van der Waals surface area contributed by atoms with E-state index in [9.17, 15) is 0 Å². The van der Waals surface area contributed by atoms with Crippen molar-refractivity contribution in [2.45, 2.75) is 51.5 Å². The van der Waals surface area contributed by atoms with E-state index in [4.69, 9.17) is 5.73 Å². The minimum absolute atomic E-state index is 0.360. The van der Waals surface area contributed by atoms with E-state index in [1.165, 1.54) is 67.2 Å². The van der Waals surface area contributed by atoms with Crippen LogP contribution in [0.4, 0.5) is 0 Å². The van der Waals surface area contributed by atoms with Crippen molar-refractivity contribution < 1.29 is 0 Å². The van der Waals surface area contributed by atoms with Crippen molar-refractivity contribution >= 4 is 15.9 Å². The van der Waals surface area contributed by atoms with Gasteiger partial charge in [0, 0.05) is 17.1 Å². The quantitative estimate of drug-likeness (QED) is 0.874. The number of benzene rings is 1. The molecule has 0 radical (unpaired) electrons. The fourth-order valence-corrected chi connectivity index (χ4v) is 5.07. The zero-order chi connectivity index (χ0) is 14.9. The largest absolute Gasteiger partial charge is 0.329 e. The summed E-state index contributed by atoms with van der Waals surface area (Å²) in [6.07, 6.45) is 8.55. The number of halogens is 1. The maximum Gasteiger partial charge on any atom is 0.0481 e. The van der Waals surface area contributed by atoms with Gasteiger partial charge in [0.1, 0.15) is 0 Å². The average molecular weight is 351 g/mol. The molecule has 3 rings (SSSR count). The standard InChI is InChI=1S/C18H27BrN2/c1-14-4-5-15(16(19)12-14)17(13-20)21-10-8-18(9-11-21)6-2-3-7-18/h4-5,12,17H,2-3,6-11,13,20H2,1H3. The van der Waals surface area contributed by atoms with E-state index in [2.05, 4.69) is 46.0 Å². The van der Waals surface area contributed by atoms with Crippen LogP contribution in [0.2, 0.25) is 0 Å². The summed E-state index contributed by atoms with van der Waals surface area (Å²) < 4.78 is 1.21. The molecule has 21 heavy (non-hydrogen) atoms. The molecule has 1 aromatic carbocycles. The van der Waals surface area contributed by atoms with E-state index in [-0.39, 0.29) is 0 Å². The average Bonchev–Trinajstić information content (AvgIpc) is 2.92. The fourth-order valence-electron chi connectivity index (χ4n) is 4.31. The molecule has 1 unspecified atom stereocenters. The minimum Gasteiger partial charge on any atom is -0.329 e.